The van der Waals surface area contributed by atoms with Crippen molar-refractivity contribution in [2.24, 2.45) is 0 Å². The van der Waals surface area contributed by atoms with Crippen molar-refractivity contribution in [3.8, 4) is 11.3 Å². The lowest BCUT2D eigenvalue weighted by Gasteiger charge is -2.28. The van der Waals surface area contributed by atoms with Gasteiger partial charge in [0.15, 0.2) is 0 Å². The number of aromatic amines is 1. The molecule has 8 nitrogen and oxygen atoms in total. The standard InChI is InChI=1S/C16H16N6O2/c23-22(24)15-4-3-13(19-16(15)21-7-5-17-6-8-21)11-1-2-14-12(9-11)10-18-20-14/h1-4,9-10,17H,5-8H2,(H,18,20). The molecule has 0 unspecified atom stereocenters. The average Bonchev–Trinajstić information content (AvgIpc) is 3.09. The molecule has 2 aromatic heterocycles. The van der Waals surface area contributed by atoms with Crippen LogP contribution in [0.25, 0.3) is 22.2 Å². The van der Waals surface area contributed by atoms with Gasteiger partial charge in [0.25, 0.3) is 0 Å². The molecule has 3 heterocycles. The van der Waals surface area contributed by atoms with Crippen LogP contribution in [0.1, 0.15) is 0 Å². The molecule has 0 spiro atoms. The Labute approximate surface area is 137 Å². The maximum atomic E-state index is 11.4. The molecule has 24 heavy (non-hydrogen) atoms. The largest absolute Gasteiger partial charge is 0.348 e. The zero-order valence-corrected chi connectivity index (χ0v) is 12.9. The SMILES string of the molecule is O=[N+]([O-])c1ccc(-c2ccc3[nH]ncc3c2)nc1N1CCNCC1. The maximum Gasteiger partial charge on any atom is 0.311 e. The van der Waals surface area contributed by atoms with E-state index >= 15 is 0 Å². The van der Waals surface area contributed by atoms with Gasteiger partial charge >= 0.3 is 5.69 Å². The third kappa shape index (κ3) is 2.56. The van der Waals surface area contributed by atoms with Gasteiger partial charge in [-0.05, 0) is 18.2 Å². The molecule has 122 valence electrons. The molecular formula is C16H16N6O2. The number of nitrogens with zero attached hydrogens (tertiary/aromatic N) is 4. The first kappa shape index (κ1) is 14.6. The van der Waals surface area contributed by atoms with Gasteiger partial charge in [0.05, 0.1) is 22.3 Å². The van der Waals surface area contributed by atoms with Crippen molar-refractivity contribution in [1.82, 2.24) is 20.5 Å². The summed E-state index contributed by atoms with van der Waals surface area (Å²) in [5, 5.41) is 22.5. The van der Waals surface area contributed by atoms with Gasteiger partial charge in [0.1, 0.15) is 0 Å². The zero-order chi connectivity index (χ0) is 16.5. The highest BCUT2D eigenvalue weighted by Gasteiger charge is 2.23. The number of anilines is 1. The number of pyridine rings is 1. The number of nitrogens with one attached hydrogen (secondary N) is 2. The number of piperazine rings is 1. The quantitative estimate of drug-likeness (QED) is 0.564. The van der Waals surface area contributed by atoms with Gasteiger partial charge in [0.2, 0.25) is 5.82 Å². The number of nitro groups is 1. The number of hydrogen-bond acceptors (Lipinski definition) is 6. The molecule has 8 heteroatoms. The minimum Gasteiger partial charge on any atom is -0.348 e. The first-order valence-electron chi connectivity index (χ1n) is 7.77. The van der Waals surface area contributed by atoms with Crippen molar-refractivity contribution in [2.75, 3.05) is 31.1 Å². The van der Waals surface area contributed by atoms with Gasteiger partial charge in [0, 0.05) is 43.2 Å². The lowest BCUT2D eigenvalue weighted by Crippen LogP contribution is -2.44. The summed E-state index contributed by atoms with van der Waals surface area (Å²) in [6.45, 7) is 3.00. The lowest BCUT2D eigenvalue weighted by atomic mass is 10.1. The lowest BCUT2D eigenvalue weighted by molar-refractivity contribution is -0.384. The van der Waals surface area contributed by atoms with Crippen molar-refractivity contribution < 1.29 is 4.92 Å². The predicted octanol–water partition coefficient (Wildman–Crippen LogP) is 1.94. The fraction of sp³-hybridized carbons (Fsp3) is 0.250. The summed E-state index contributed by atoms with van der Waals surface area (Å²) in [4.78, 5) is 17.6. The van der Waals surface area contributed by atoms with E-state index in [1.54, 1.807) is 18.3 Å². The van der Waals surface area contributed by atoms with Gasteiger partial charge < -0.3 is 10.2 Å². The van der Waals surface area contributed by atoms with E-state index in [-0.39, 0.29) is 10.6 Å². The predicted molar refractivity (Wildman–Crippen MR) is 91.1 cm³/mol. The van der Waals surface area contributed by atoms with Gasteiger partial charge in [-0.15, -0.1) is 0 Å². The van der Waals surface area contributed by atoms with E-state index in [0.29, 0.717) is 18.9 Å². The van der Waals surface area contributed by atoms with Crippen LogP contribution in [0.3, 0.4) is 0 Å². The molecule has 2 N–H and O–H groups in total. The Morgan fingerprint density at radius 2 is 2.00 bits per heavy atom. The van der Waals surface area contributed by atoms with Crippen molar-refractivity contribution >= 4 is 22.4 Å². The van der Waals surface area contributed by atoms with Crippen LogP contribution in [0.5, 0.6) is 0 Å². The highest BCUT2D eigenvalue weighted by molar-refractivity contribution is 5.83. The van der Waals surface area contributed by atoms with Crippen molar-refractivity contribution in [1.29, 1.82) is 0 Å². The van der Waals surface area contributed by atoms with E-state index in [9.17, 15) is 10.1 Å². The Bertz CT molecular complexity index is 900. The third-order valence-electron chi connectivity index (χ3n) is 4.20. The normalized spacial score (nSPS) is 14.9. The molecule has 0 bridgehead atoms. The van der Waals surface area contributed by atoms with Gasteiger partial charge in [-0.25, -0.2) is 4.98 Å². The molecule has 0 radical (unpaired) electrons. The summed E-state index contributed by atoms with van der Waals surface area (Å²) in [6.07, 6.45) is 1.75. The maximum absolute atomic E-state index is 11.4. The van der Waals surface area contributed by atoms with Gasteiger partial charge in [-0.3, -0.25) is 15.2 Å². The van der Waals surface area contributed by atoms with Crippen LogP contribution in [0.2, 0.25) is 0 Å². The second-order valence-electron chi connectivity index (χ2n) is 5.71. The Morgan fingerprint density at radius 3 is 2.79 bits per heavy atom. The number of aromatic nitrogens is 3. The van der Waals surface area contributed by atoms with E-state index in [1.165, 1.54) is 0 Å². The summed E-state index contributed by atoms with van der Waals surface area (Å²) < 4.78 is 0. The summed E-state index contributed by atoms with van der Waals surface area (Å²) >= 11 is 0. The van der Waals surface area contributed by atoms with Gasteiger partial charge in [-0.2, -0.15) is 5.10 Å². The zero-order valence-electron chi connectivity index (χ0n) is 12.9. The Morgan fingerprint density at radius 1 is 1.17 bits per heavy atom. The van der Waals surface area contributed by atoms with Gasteiger partial charge in [-0.1, -0.05) is 6.07 Å². The number of hydrogen-bond donors (Lipinski definition) is 2. The second-order valence-corrected chi connectivity index (χ2v) is 5.71. The van der Waals surface area contributed by atoms with Crippen LogP contribution in [-0.2, 0) is 0 Å². The van der Waals surface area contributed by atoms with E-state index in [1.807, 2.05) is 23.1 Å². The van der Waals surface area contributed by atoms with E-state index in [2.05, 4.69) is 20.5 Å². The summed E-state index contributed by atoms with van der Waals surface area (Å²) in [5.41, 5.74) is 2.63. The number of fused-ring (bicyclic) bond motifs is 1. The average molecular weight is 324 g/mol. The monoisotopic (exact) mass is 324 g/mol. The summed E-state index contributed by atoms with van der Waals surface area (Å²) in [7, 11) is 0. The Kier molecular flexibility index (Phi) is 3.58. The first-order chi connectivity index (χ1) is 11.7. The van der Waals surface area contributed by atoms with Crippen LogP contribution in [0.15, 0.2) is 36.5 Å². The molecule has 0 aliphatic carbocycles. The molecule has 1 aliphatic heterocycles. The highest BCUT2D eigenvalue weighted by Crippen LogP contribution is 2.30. The molecule has 1 aliphatic rings. The van der Waals surface area contributed by atoms with Crippen LogP contribution in [0, 0.1) is 10.1 Å². The van der Waals surface area contributed by atoms with Crippen LogP contribution in [0.4, 0.5) is 11.5 Å². The topological polar surface area (TPSA) is 100.0 Å². The van der Waals surface area contributed by atoms with Crippen molar-refractivity contribution in [3.63, 3.8) is 0 Å². The van der Waals surface area contributed by atoms with Crippen LogP contribution in [-0.4, -0.2) is 46.3 Å². The smallest absolute Gasteiger partial charge is 0.311 e. The van der Waals surface area contributed by atoms with E-state index in [4.69, 9.17) is 0 Å². The second kappa shape index (κ2) is 5.89. The van der Waals surface area contributed by atoms with Crippen LogP contribution < -0.4 is 10.2 Å². The molecular weight excluding hydrogens is 308 g/mol. The minimum absolute atomic E-state index is 0.0463. The number of rotatable bonds is 3. The Balaban J connectivity index is 1.79. The Hall–Kier alpha value is -3.00. The number of benzene rings is 1. The van der Waals surface area contributed by atoms with E-state index in [0.717, 1.165) is 35.2 Å². The first-order valence-corrected chi connectivity index (χ1v) is 7.77. The fourth-order valence-corrected chi connectivity index (χ4v) is 2.96. The summed E-state index contributed by atoms with van der Waals surface area (Å²) in [5.74, 6) is 0.436. The molecule has 1 aromatic carbocycles. The number of H-pyrrole nitrogens is 1. The highest BCUT2D eigenvalue weighted by atomic mass is 16.6. The minimum atomic E-state index is -0.368. The molecule has 3 aromatic rings. The molecule has 1 saturated heterocycles. The molecule has 0 atom stereocenters. The molecule has 0 amide bonds. The van der Waals surface area contributed by atoms with E-state index < -0.39 is 0 Å². The summed E-state index contributed by atoms with van der Waals surface area (Å²) in [6, 6.07) is 9.10. The molecule has 4 rings (SSSR count). The third-order valence-corrected chi connectivity index (χ3v) is 4.20. The molecule has 0 saturated carbocycles. The molecule has 1 fully saturated rings. The van der Waals surface area contributed by atoms with Crippen molar-refractivity contribution in [2.45, 2.75) is 0 Å². The van der Waals surface area contributed by atoms with Crippen LogP contribution >= 0.6 is 0 Å². The van der Waals surface area contributed by atoms with Crippen molar-refractivity contribution in [3.05, 3.63) is 46.6 Å². The fourth-order valence-electron chi connectivity index (χ4n) is 2.96.